The van der Waals surface area contributed by atoms with Gasteiger partial charge in [-0.15, -0.1) is 0 Å². The van der Waals surface area contributed by atoms with Gasteiger partial charge in [-0.3, -0.25) is 9.59 Å². The van der Waals surface area contributed by atoms with E-state index in [1.54, 1.807) is 11.1 Å². The molecule has 6 N–H and O–H groups in total. The number of rotatable bonds is 5. The third-order valence-corrected chi connectivity index (χ3v) is 5.81. The van der Waals surface area contributed by atoms with Crippen molar-refractivity contribution >= 4 is 35.2 Å². The number of pyridine rings is 2. The monoisotopic (exact) mass is 437 g/mol. The average molecular weight is 438 g/mol. The fraction of sp³-hybridized carbons (Fsp3) is 0.409. The predicted molar refractivity (Wildman–Crippen MR) is 120 cm³/mol. The molecule has 0 bridgehead atoms. The van der Waals surface area contributed by atoms with Gasteiger partial charge in [0.25, 0.3) is 0 Å². The fourth-order valence-corrected chi connectivity index (χ4v) is 3.89. The van der Waals surface area contributed by atoms with Crippen molar-refractivity contribution in [2.24, 2.45) is 5.92 Å². The van der Waals surface area contributed by atoms with Gasteiger partial charge in [0.2, 0.25) is 5.88 Å². The Kier molecular flexibility index (Phi) is 5.93. The number of carbonyl (C=O) groups excluding carboxylic acids is 2. The van der Waals surface area contributed by atoms with E-state index in [2.05, 4.69) is 22.2 Å². The van der Waals surface area contributed by atoms with Gasteiger partial charge in [0.05, 0.1) is 29.2 Å². The summed E-state index contributed by atoms with van der Waals surface area (Å²) in [5, 5.41) is 9.96. The highest BCUT2D eigenvalue weighted by atomic mass is 16.5. The lowest BCUT2D eigenvalue weighted by Crippen LogP contribution is -2.46. The van der Waals surface area contributed by atoms with Crippen molar-refractivity contribution in [2.45, 2.75) is 44.8 Å². The lowest BCUT2D eigenvalue weighted by molar-refractivity contribution is -0.146. The minimum atomic E-state index is -0.818. The van der Waals surface area contributed by atoms with Crippen LogP contribution in [0.25, 0.3) is 0 Å². The van der Waals surface area contributed by atoms with Crippen LogP contribution >= 0.6 is 0 Å². The minimum Gasteiger partial charge on any atom is -0.474 e. The number of ether oxygens (including phenoxy) is 1. The molecule has 2 aliphatic rings. The molecule has 2 atom stereocenters. The van der Waals surface area contributed by atoms with Gasteiger partial charge in [-0.2, -0.15) is 0 Å². The quantitative estimate of drug-likeness (QED) is 0.411. The molecule has 10 nitrogen and oxygen atoms in total. The summed E-state index contributed by atoms with van der Waals surface area (Å²) in [5.41, 5.74) is 13.0. The van der Waals surface area contributed by atoms with Crippen molar-refractivity contribution in [1.82, 2.24) is 14.9 Å². The van der Waals surface area contributed by atoms with Crippen molar-refractivity contribution in [3.8, 4) is 5.88 Å². The lowest BCUT2D eigenvalue weighted by Gasteiger charge is -2.38. The van der Waals surface area contributed by atoms with Crippen LogP contribution in [0.2, 0.25) is 0 Å². The second-order valence-corrected chi connectivity index (χ2v) is 8.38. The molecule has 32 heavy (non-hydrogen) atoms. The third kappa shape index (κ3) is 4.48. The third-order valence-electron chi connectivity index (χ3n) is 5.81. The molecule has 2 aromatic heterocycles. The van der Waals surface area contributed by atoms with Gasteiger partial charge >= 0.3 is 11.8 Å². The number of nitrogens with zero attached hydrogens (tertiary/aromatic N) is 3. The highest BCUT2D eigenvalue weighted by Crippen LogP contribution is 2.35. The Labute approximate surface area is 185 Å². The summed E-state index contributed by atoms with van der Waals surface area (Å²) in [7, 11) is 0. The molecular formula is C22H27N7O3. The molecule has 1 aliphatic carbocycles. The molecule has 0 aromatic carbocycles. The molecule has 1 saturated heterocycles. The first kappa shape index (κ1) is 21.5. The summed E-state index contributed by atoms with van der Waals surface area (Å²) in [6.07, 6.45) is 7.86. The number of piperidine rings is 1. The van der Waals surface area contributed by atoms with Crippen LogP contribution in [0.5, 0.6) is 5.88 Å². The average Bonchev–Trinajstić information content (AvgIpc) is 3.59. The lowest BCUT2D eigenvalue weighted by atomic mass is 9.90. The molecule has 0 unspecified atom stereocenters. The van der Waals surface area contributed by atoms with Gasteiger partial charge in [-0.05, 0) is 43.2 Å². The fourth-order valence-electron chi connectivity index (χ4n) is 3.89. The number of likely N-dealkylation sites (tertiary alicyclic amines) is 1. The van der Waals surface area contributed by atoms with Gasteiger partial charge in [0.15, 0.2) is 0 Å². The Hall–Kier alpha value is -3.69. The van der Waals surface area contributed by atoms with Crippen LogP contribution < -0.4 is 21.5 Å². The van der Waals surface area contributed by atoms with Crippen LogP contribution in [-0.2, 0) is 9.59 Å². The van der Waals surface area contributed by atoms with E-state index in [4.69, 9.17) is 21.6 Å². The minimum absolute atomic E-state index is 0.0775. The zero-order valence-corrected chi connectivity index (χ0v) is 17.9. The van der Waals surface area contributed by atoms with E-state index in [0.717, 1.165) is 37.5 Å². The first-order valence-corrected chi connectivity index (χ1v) is 10.7. The van der Waals surface area contributed by atoms with Gasteiger partial charge < -0.3 is 31.8 Å². The number of nitrogens with two attached hydrogens (primary N) is 2. The molecular weight excluding hydrogens is 410 g/mol. The standard InChI is InChI=1S/C22H27N7O3/c1-12-2-5-17(13-6-7-26-18(8-13)32-14-3-4-14)29(11-12)22(31)21(30)28-16-10-27-20(25)15(9-23)19(16)24/h6-10,12,14,17,23H,2-5,11H2,1H3,(H,28,30)(H4,24,25,27)/t12-,17+/m0/s1. The van der Waals surface area contributed by atoms with E-state index in [9.17, 15) is 9.59 Å². The SMILES string of the molecule is C[C@H]1CC[C@H](c2ccnc(OC3CC3)c2)N(C(=O)C(=O)Nc2cnc(N)c(C=N)c2N)C1. The summed E-state index contributed by atoms with van der Waals surface area (Å²) < 4.78 is 5.80. The molecule has 0 radical (unpaired) electrons. The van der Waals surface area contributed by atoms with E-state index < -0.39 is 11.8 Å². The van der Waals surface area contributed by atoms with Crippen LogP contribution in [-0.4, -0.2) is 45.5 Å². The largest absolute Gasteiger partial charge is 0.474 e. The van der Waals surface area contributed by atoms with Crippen molar-refractivity contribution < 1.29 is 14.3 Å². The van der Waals surface area contributed by atoms with Gasteiger partial charge in [-0.1, -0.05) is 6.92 Å². The zero-order chi connectivity index (χ0) is 22.8. The molecule has 4 rings (SSSR count). The van der Waals surface area contributed by atoms with Gasteiger partial charge in [-0.25, -0.2) is 9.97 Å². The number of nitrogen functional groups attached to an aromatic ring is 2. The highest BCUT2D eigenvalue weighted by Gasteiger charge is 2.35. The molecule has 10 heteroatoms. The van der Waals surface area contributed by atoms with E-state index in [1.807, 2.05) is 12.1 Å². The van der Waals surface area contributed by atoms with Crippen molar-refractivity contribution in [1.29, 1.82) is 5.41 Å². The smallest absolute Gasteiger partial charge is 0.314 e. The molecule has 1 aliphatic heterocycles. The first-order valence-electron chi connectivity index (χ1n) is 10.7. The zero-order valence-electron chi connectivity index (χ0n) is 17.9. The number of carbonyl (C=O) groups is 2. The second kappa shape index (κ2) is 8.81. The Balaban J connectivity index is 1.55. The molecule has 3 heterocycles. The number of aromatic nitrogens is 2. The van der Waals surface area contributed by atoms with Crippen LogP contribution in [0.3, 0.4) is 0 Å². The molecule has 2 fully saturated rings. The second-order valence-electron chi connectivity index (χ2n) is 8.38. The Morgan fingerprint density at radius 3 is 2.75 bits per heavy atom. The number of amides is 2. The Morgan fingerprint density at radius 2 is 2.03 bits per heavy atom. The van der Waals surface area contributed by atoms with Crippen molar-refractivity contribution in [2.75, 3.05) is 23.3 Å². The van der Waals surface area contributed by atoms with Crippen LogP contribution in [0.15, 0.2) is 24.5 Å². The summed E-state index contributed by atoms with van der Waals surface area (Å²) >= 11 is 0. The maximum absolute atomic E-state index is 13.2. The molecule has 1 saturated carbocycles. The molecule has 0 spiro atoms. The van der Waals surface area contributed by atoms with Gasteiger partial charge in [0.1, 0.15) is 11.9 Å². The van der Waals surface area contributed by atoms with E-state index in [1.165, 1.54) is 6.20 Å². The van der Waals surface area contributed by atoms with Crippen LogP contribution in [0.4, 0.5) is 17.2 Å². The highest BCUT2D eigenvalue weighted by molar-refractivity contribution is 6.40. The maximum Gasteiger partial charge on any atom is 0.314 e. The molecule has 168 valence electrons. The molecule has 2 aromatic rings. The van der Waals surface area contributed by atoms with E-state index in [-0.39, 0.29) is 40.8 Å². The maximum atomic E-state index is 13.2. The number of hydrogen-bond donors (Lipinski definition) is 4. The number of anilines is 3. The van der Waals surface area contributed by atoms with E-state index in [0.29, 0.717) is 12.4 Å². The van der Waals surface area contributed by atoms with Crippen LogP contribution in [0, 0.1) is 11.3 Å². The number of nitrogens with one attached hydrogen (secondary N) is 2. The van der Waals surface area contributed by atoms with E-state index >= 15 is 0 Å². The van der Waals surface area contributed by atoms with Gasteiger partial charge in [0, 0.05) is 25.0 Å². The summed E-state index contributed by atoms with van der Waals surface area (Å²) in [4.78, 5) is 35.8. The van der Waals surface area contributed by atoms with Crippen molar-refractivity contribution in [3.05, 3.63) is 35.7 Å². The van der Waals surface area contributed by atoms with Crippen LogP contribution in [0.1, 0.15) is 49.8 Å². The van der Waals surface area contributed by atoms with Crippen molar-refractivity contribution in [3.63, 3.8) is 0 Å². The predicted octanol–water partition coefficient (Wildman–Crippen LogP) is 2.12. The summed E-state index contributed by atoms with van der Waals surface area (Å²) in [6, 6.07) is 3.46. The Morgan fingerprint density at radius 1 is 1.25 bits per heavy atom. The summed E-state index contributed by atoms with van der Waals surface area (Å²) in [5.74, 6) is -0.591. The normalized spacial score (nSPS) is 20.5. The molecule has 2 amide bonds. The number of hydrogen-bond acceptors (Lipinski definition) is 8. The topological polar surface area (TPSA) is 160 Å². The Bertz CT molecular complexity index is 1050. The summed E-state index contributed by atoms with van der Waals surface area (Å²) in [6.45, 7) is 2.51. The first-order chi connectivity index (χ1) is 15.4.